The molecule has 0 unspecified atom stereocenters. The number of nitrogens with zero attached hydrogens (tertiary/aromatic N) is 2. The van der Waals surface area contributed by atoms with Gasteiger partial charge in [-0.1, -0.05) is 36.7 Å². The van der Waals surface area contributed by atoms with Gasteiger partial charge in [0.25, 0.3) is 5.91 Å². The Kier molecular flexibility index (Phi) is 9.23. The van der Waals surface area contributed by atoms with Crippen molar-refractivity contribution in [1.82, 2.24) is 4.90 Å². The molecule has 0 aliphatic carbocycles. The van der Waals surface area contributed by atoms with Gasteiger partial charge >= 0.3 is 0 Å². The van der Waals surface area contributed by atoms with Crippen LogP contribution >= 0.6 is 23.4 Å². The molecular formula is C25H29ClN2O4S. The van der Waals surface area contributed by atoms with E-state index in [0.717, 1.165) is 17.7 Å². The average Bonchev–Trinajstić information content (AvgIpc) is 3.10. The maximum absolute atomic E-state index is 13.2. The fourth-order valence-corrected chi connectivity index (χ4v) is 4.43. The van der Waals surface area contributed by atoms with Crippen LogP contribution in [0.25, 0.3) is 6.08 Å². The molecular weight excluding hydrogens is 460 g/mol. The summed E-state index contributed by atoms with van der Waals surface area (Å²) in [5.41, 5.74) is 1.55. The summed E-state index contributed by atoms with van der Waals surface area (Å²) < 4.78 is 16.6. The first kappa shape index (κ1) is 25.1. The van der Waals surface area contributed by atoms with E-state index in [1.807, 2.05) is 56.3 Å². The van der Waals surface area contributed by atoms with Crippen LogP contribution in [-0.2, 0) is 9.53 Å². The molecule has 1 heterocycles. The predicted molar refractivity (Wildman–Crippen MR) is 136 cm³/mol. The van der Waals surface area contributed by atoms with E-state index in [1.54, 1.807) is 25.2 Å². The number of halogens is 1. The monoisotopic (exact) mass is 488 g/mol. The smallest absolute Gasteiger partial charge is 0.266 e. The Labute approximate surface area is 204 Å². The summed E-state index contributed by atoms with van der Waals surface area (Å²) in [6.45, 7) is 5.11. The summed E-state index contributed by atoms with van der Waals surface area (Å²) in [5.74, 6) is 0.939. The molecule has 1 aliphatic rings. The molecule has 1 aliphatic heterocycles. The van der Waals surface area contributed by atoms with Crippen LogP contribution in [0.4, 0.5) is 5.69 Å². The maximum atomic E-state index is 13.2. The molecule has 0 radical (unpaired) electrons. The summed E-state index contributed by atoms with van der Waals surface area (Å²) in [5, 5.41) is 1.08. The summed E-state index contributed by atoms with van der Waals surface area (Å²) >= 11 is 7.86. The number of carbonyl (C=O) groups is 1. The number of carbonyl (C=O) groups excluding carboxylic acids is 1. The highest BCUT2D eigenvalue weighted by Gasteiger charge is 2.33. The minimum absolute atomic E-state index is 0.00462. The fraction of sp³-hybridized carbons (Fsp3) is 0.360. The highest BCUT2D eigenvalue weighted by molar-refractivity contribution is 8.18. The molecule has 0 saturated carbocycles. The molecule has 8 heteroatoms. The molecule has 1 saturated heterocycles. The Hall–Kier alpha value is -2.48. The Balaban J connectivity index is 1.93. The van der Waals surface area contributed by atoms with Gasteiger partial charge in [-0.05, 0) is 67.4 Å². The van der Waals surface area contributed by atoms with Crippen LogP contribution in [0.1, 0.15) is 32.3 Å². The number of hydrogen-bond acceptors (Lipinski definition) is 6. The van der Waals surface area contributed by atoms with E-state index in [0.29, 0.717) is 46.2 Å². The first-order chi connectivity index (χ1) is 16.0. The molecule has 0 bridgehead atoms. The molecule has 1 atom stereocenters. The number of para-hydroxylation sites is 1. The van der Waals surface area contributed by atoms with Crippen molar-refractivity contribution in [3.8, 4) is 11.5 Å². The zero-order chi connectivity index (χ0) is 23.8. The third kappa shape index (κ3) is 6.53. The number of thioether (sulfide) groups is 1. The van der Waals surface area contributed by atoms with Crippen LogP contribution in [-0.4, -0.2) is 49.4 Å². The van der Waals surface area contributed by atoms with Gasteiger partial charge in [-0.2, -0.15) is 0 Å². The molecule has 2 aromatic rings. The van der Waals surface area contributed by atoms with Crippen molar-refractivity contribution in [2.45, 2.75) is 32.8 Å². The van der Waals surface area contributed by atoms with Crippen molar-refractivity contribution in [3.05, 3.63) is 58.0 Å². The van der Waals surface area contributed by atoms with E-state index in [4.69, 9.17) is 30.8 Å². The Morgan fingerprint density at radius 3 is 2.64 bits per heavy atom. The second-order valence-corrected chi connectivity index (χ2v) is 8.93. The van der Waals surface area contributed by atoms with Crippen LogP contribution in [0.3, 0.4) is 0 Å². The van der Waals surface area contributed by atoms with Gasteiger partial charge < -0.3 is 14.2 Å². The number of methoxy groups -OCH3 is 2. The van der Waals surface area contributed by atoms with Gasteiger partial charge in [0, 0.05) is 20.3 Å². The number of hydrogen-bond donors (Lipinski definition) is 0. The van der Waals surface area contributed by atoms with Crippen LogP contribution in [0.15, 0.2) is 52.4 Å². The third-order valence-electron chi connectivity index (χ3n) is 5.04. The lowest BCUT2D eigenvalue weighted by atomic mass is 10.1. The first-order valence-corrected chi connectivity index (χ1v) is 12.0. The number of benzene rings is 2. The fourth-order valence-electron chi connectivity index (χ4n) is 3.14. The van der Waals surface area contributed by atoms with Crippen molar-refractivity contribution in [3.63, 3.8) is 0 Å². The topological polar surface area (TPSA) is 60.4 Å². The van der Waals surface area contributed by atoms with Gasteiger partial charge in [0.1, 0.15) is 0 Å². The summed E-state index contributed by atoms with van der Waals surface area (Å²) in [6, 6.07) is 13.2. The van der Waals surface area contributed by atoms with E-state index >= 15 is 0 Å². The number of ether oxygens (including phenoxy) is 3. The van der Waals surface area contributed by atoms with E-state index in [2.05, 4.69) is 0 Å². The van der Waals surface area contributed by atoms with E-state index in [9.17, 15) is 4.79 Å². The lowest BCUT2D eigenvalue weighted by Gasteiger charge is -2.17. The van der Waals surface area contributed by atoms with Crippen LogP contribution in [0, 0.1) is 0 Å². The highest BCUT2D eigenvalue weighted by Crippen LogP contribution is 2.40. The normalized spacial score (nSPS) is 17.1. The number of amidine groups is 1. The molecule has 0 spiro atoms. The van der Waals surface area contributed by atoms with Gasteiger partial charge in [-0.25, -0.2) is 4.99 Å². The second-order valence-electron chi connectivity index (χ2n) is 7.51. The third-order valence-corrected chi connectivity index (χ3v) is 6.33. The predicted octanol–water partition coefficient (Wildman–Crippen LogP) is 6.17. The van der Waals surface area contributed by atoms with Gasteiger partial charge in [-0.3, -0.25) is 9.69 Å². The summed E-state index contributed by atoms with van der Waals surface area (Å²) in [4.78, 5) is 20.2. The highest BCUT2D eigenvalue weighted by atomic mass is 35.5. The van der Waals surface area contributed by atoms with Crippen molar-refractivity contribution in [2.24, 2.45) is 4.99 Å². The molecule has 33 heavy (non-hydrogen) atoms. The molecule has 6 nitrogen and oxygen atoms in total. The van der Waals surface area contributed by atoms with Crippen LogP contribution in [0.5, 0.6) is 11.5 Å². The van der Waals surface area contributed by atoms with E-state index in [1.165, 1.54) is 11.8 Å². The van der Waals surface area contributed by atoms with Gasteiger partial charge in [0.15, 0.2) is 16.7 Å². The number of rotatable bonds is 10. The Morgan fingerprint density at radius 2 is 1.97 bits per heavy atom. The molecule has 2 aromatic carbocycles. The Morgan fingerprint density at radius 1 is 1.21 bits per heavy atom. The zero-order valence-corrected chi connectivity index (χ0v) is 20.9. The lowest BCUT2D eigenvalue weighted by molar-refractivity contribution is -0.122. The van der Waals surface area contributed by atoms with E-state index in [-0.39, 0.29) is 12.0 Å². The van der Waals surface area contributed by atoms with Crippen molar-refractivity contribution in [2.75, 3.05) is 27.4 Å². The lowest BCUT2D eigenvalue weighted by Crippen LogP contribution is -2.30. The SMILES string of the molecule is CC[C@@H](C)Oc1c(Cl)cc(/C=C2\SC(=Nc3ccccc3)N(CCCOC)C2=O)cc1OC. The van der Waals surface area contributed by atoms with Crippen molar-refractivity contribution in [1.29, 1.82) is 0 Å². The number of amides is 1. The van der Waals surface area contributed by atoms with E-state index < -0.39 is 0 Å². The molecule has 1 amide bonds. The molecule has 176 valence electrons. The second kappa shape index (κ2) is 12.1. The molecule has 3 rings (SSSR count). The minimum Gasteiger partial charge on any atom is -0.493 e. The summed E-state index contributed by atoms with van der Waals surface area (Å²) in [7, 11) is 3.22. The zero-order valence-electron chi connectivity index (χ0n) is 19.3. The van der Waals surface area contributed by atoms with Gasteiger partial charge in [0.05, 0.1) is 28.8 Å². The van der Waals surface area contributed by atoms with Crippen LogP contribution in [0.2, 0.25) is 5.02 Å². The quantitative estimate of drug-likeness (QED) is 0.296. The average molecular weight is 489 g/mol. The van der Waals surface area contributed by atoms with Crippen molar-refractivity contribution < 1.29 is 19.0 Å². The maximum Gasteiger partial charge on any atom is 0.266 e. The molecule has 1 fully saturated rings. The largest absolute Gasteiger partial charge is 0.493 e. The van der Waals surface area contributed by atoms with Crippen LogP contribution < -0.4 is 9.47 Å². The molecule has 0 N–H and O–H groups in total. The molecule has 0 aromatic heterocycles. The minimum atomic E-state index is -0.0965. The standard InChI is InChI=1S/C25H29ClN2O4S/c1-5-17(2)32-23-20(26)14-18(15-21(23)31-4)16-22-24(29)28(12-9-13-30-3)25(33-22)27-19-10-7-6-8-11-19/h6-8,10-11,14-17H,5,9,12-13H2,1-4H3/b22-16-,27-25?/t17-/m1/s1. The van der Waals surface area contributed by atoms with Gasteiger partial charge in [0.2, 0.25) is 0 Å². The van der Waals surface area contributed by atoms with Crippen molar-refractivity contribution >= 4 is 46.2 Å². The Bertz CT molecular complexity index is 1030. The summed E-state index contributed by atoms with van der Waals surface area (Å²) in [6.07, 6.45) is 3.37. The first-order valence-electron chi connectivity index (χ1n) is 10.8. The number of aliphatic imine (C=N–C) groups is 1. The van der Waals surface area contributed by atoms with Gasteiger partial charge in [-0.15, -0.1) is 0 Å².